The maximum Gasteiger partial charge on any atom is 0.264 e. The van der Waals surface area contributed by atoms with E-state index < -0.39 is 0 Å². The number of ether oxygens (including phenoxy) is 2. The van der Waals surface area contributed by atoms with Gasteiger partial charge in [0.05, 0.1) is 42.6 Å². The van der Waals surface area contributed by atoms with Gasteiger partial charge in [0.2, 0.25) is 5.91 Å². The molecular formula is C55H57N7O6. The van der Waals surface area contributed by atoms with Gasteiger partial charge in [-0.3, -0.25) is 28.9 Å². The number of anilines is 2. The second-order valence-electron chi connectivity index (χ2n) is 18.4. The number of carbonyl (C=O) groups is 3. The summed E-state index contributed by atoms with van der Waals surface area (Å²) >= 11 is 0. The normalized spacial score (nSPS) is 16.1. The van der Waals surface area contributed by atoms with Gasteiger partial charge >= 0.3 is 0 Å². The van der Waals surface area contributed by atoms with Crippen molar-refractivity contribution in [2.75, 3.05) is 50.9 Å². The average Bonchev–Trinajstić information content (AvgIpc) is 3.88. The molecular weight excluding hydrogens is 855 g/mol. The van der Waals surface area contributed by atoms with Crippen LogP contribution in [-0.4, -0.2) is 104 Å². The molecule has 10 rings (SSSR count). The molecule has 13 heteroatoms. The van der Waals surface area contributed by atoms with Gasteiger partial charge in [0.15, 0.2) is 0 Å². The van der Waals surface area contributed by atoms with Gasteiger partial charge in [0.25, 0.3) is 11.8 Å². The number of aryl methyl sites for hydroxylation is 1. The molecule has 1 saturated heterocycles. The van der Waals surface area contributed by atoms with Gasteiger partial charge in [-0.15, -0.1) is 0 Å². The number of morpholine rings is 1. The zero-order valence-electron chi connectivity index (χ0n) is 39.2. The van der Waals surface area contributed by atoms with E-state index >= 15 is 9.59 Å². The minimum absolute atomic E-state index is 0.0249. The topological polar surface area (TPSA) is 126 Å². The first kappa shape index (κ1) is 44.6. The molecule has 1 N–H and O–H groups in total. The molecule has 0 aliphatic carbocycles. The first-order valence-corrected chi connectivity index (χ1v) is 23.5. The van der Waals surface area contributed by atoms with Crippen LogP contribution in [0.15, 0.2) is 115 Å². The molecule has 68 heavy (non-hydrogen) atoms. The number of nitrogens with zero attached hydrogens (tertiary/aromatic N) is 7. The van der Waals surface area contributed by atoms with Crippen molar-refractivity contribution in [3.63, 3.8) is 0 Å². The molecule has 0 unspecified atom stereocenters. The van der Waals surface area contributed by atoms with Crippen molar-refractivity contribution in [3.05, 3.63) is 160 Å². The second kappa shape index (κ2) is 18.8. The number of fused-ring (bicyclic) bond motifs is 3. The third kappa shape index (κ3) is 8.87. The van der Waals surface area contributed by atoms with Crippen molar-refractivity contribution < 1.29 is 29.0 Å². The lowest BCUT2D eigenvalue weighted by molar-refractivity contribution is -0.131. The smallest absolute Gasteiger partial charge is 0.264 e. The Morgan fingerprint density at radius 2 is 1.56 bits per heavy atom. The Morgan fingerprint density at radius 1 is 0.809 bits per heavy atom. The monoisotopic (exact) mass is 911 g/mol. The third-order valence-electron chi connectivity index (χ3n) is 14.1. The lowest BCUT2D eigenvalue weighted by atomic mass is 9.89. The molecule has 2 aromatic heterocycles. The molecule has 1 atom stereocenters. The Hall–Kier alpha value is -7.22. The highest BCUT2D eigenvalue weighted by Crippen LogP contribution is 2.38. The molecule has 0 saturated carbocycles. The Bertz CT molecular complexity index is 3020. The van der Waals surface area contributed by atoms with E-state index in [0.717, 1.165) is 95.1 Å². The molecule has 3 aliphatic rings. The van der Waals surface area contributed by atoms with Gasteiger partial charge in [0.1, 0.15) is 18.1 Å². The summed E-state index contributed by atoms with van der Waals surface area (Å²) in [5.74, 6) is 0.547. The van der Waals surface area contributed by atoms with Crippen LogP contribution in [0.3, 0.4) is 0 Å². The molecule has 5 heterocycles. The standard InChI is InChI=1S/C55H57N7O6/c1-36-27-39-7-5-6-8-41(39)35-61(36)54(65)50-31-43-34-60(53(64)28-38-9-16-47(17-10-38)68-26-23-59-21-24-67-25-22-59)20-19-40(43)30-49(50)52-32-48(37(2)57(52)3)55(66)62(44-11-14-46(63)15-12-44)45-13-18-51-42(29-45)33-56-58(51)4/h5-18,29-33,36,63H,19-28,34-35H2,1-4H3/t36-/m1/s1. The Morgan fingerprint density at radius 3 is 2.34 bits per heavy atom. The van der Waals surface area contributed by atoms with Crippen LogP contribution in [0.2, 0.25) is 0 Å². The van der Waals surface area contributed by atoms with Crippen LogP contribution in [0.5, 0.6) is 11.5 Å². The summed E-state index contributed by atoms with van der Waals surface area (Å²) in [5.41, 5.74) is 10.7. The number of phenolic OH excluding ortho intramolecular Hbond substituents is 1. The lowest BCUT2D eigenvalue weighted by Crippen LogP contribution is -2.43. The first-order chi connectivity index (χ1) is 33.0. The lowest BCUT2D eigenvalue weighted by Gasteiger charge is -2.36. The van der Waals surface area contributed by atoms with Crippen LogP contribution in [-0.2, 0) is 56.0 Å². The summed E-state index contributed by atoms with van der Waals surface area (Å²) in [6, 6.07) is 34.5. The van der Waals surface area contributed by atoms with Crippen LogP contribution in [0.4, 0.5) is 11.4 Å². The fraction of sp³-hybridized carbons (Fsp3) is 0.309. The fourth-order valence-electron chi connectivity index (χ4n) is 9.99. The predicted molar refractivity (Wildman–Crippen MR) is 262 cm³/mol. The summed E-state index contributed by atoms with van der Waals surface area (Å²) in [6.45, 7) is 10.2. The molecule has 3 amide bonds. The van der Waals surface area contributed by atoms with Gasteiger partial charge in [0, 0.05) is 93.0 Å². The third-order valence-corrected chi connectivity index (χ3v) is 14.1. The summed E-state index contributed by atoms with van der Waals surface area (Å²) in [4.78, 5) is 52.1. The van der Waals surface area contributed by atoms with Crippen LogP contribution in [0.1, 0.15) is 61.2 Å². The molecule has 3 aliphatic heterocycles. The van der Waals surface area contributed by atoms with Crippen molar-refractivity contribution in [1.29, 1.82) is 0 Å². The summed E-state index contributed by atoms with van der Waals surface area (Å²) in [5, 5.41) is 15.5. The van der Waals surface area contributed by atoms with Gasteiger partial charge < -0.3 is 28.9 Å². The van der Waals surface area contributed by atoms with Crippen molar-refractivity contribution in [1.82, 2.24) is 29.0 Å². The Labute approximate surface area is 396 Å². The maximum atomic E-state index is 15.2. The predicted octanol–water partition coefficient (Wildman–Crippen LogP) is 8.00. The average molecular weight is 912 g/mol. The first-order valence-electron chi connectivity index (χ1n) is 23.5. The van der Waals surface area contributed by atoms with Crippen LogP contribution in [0, 0.1) is 6.92 Å². The minimum atomic E-state index is -0.259. The van der Waals surface area contributed by atoms with Crippen LogP contribution < -0.4 is 9.64 Å². The number of carbonyl (C=O) groups excluding carboxylic acids is 3. The molecule has 7 aromatic rings. The van der Waals surface area contributed by atoms with E-state index in [1.807, 2.05) is 102 Å². The molecule has 348 valence electrons. The zero-order chi connectivity index (χ0) is 47.1. The second-order valence-corrected chi connectivity index (χ2v) is 18.4. The Kier molecular flexibility index (Phi) is 12.3. The number of hydrogen-bond donors (Lipinski definition) is 1. The highest BCUT2D eigenvalue weighted by atomic mass is 16.5. The maximum absolute atomic E-state index is 15.2. The molecule has 5 aromatic carbocycles. The van der Waals surface area contributed by atoms with Gasteiger partial charge in [-0.1, -0.05) is 36.4 Å². The van der Waals surface area contributed by atoms with Crippen molar-refractivity contribution in [2.45, 2.75) is 52.2 Å². The van der Waals surface area contributed by atoms with Crippen molar-refractivity contribution >= 4 is 40.0 Å². The zero-order valence-corrected chi connectivity index (χ0v) is 39.2. The minimum Gasteiger partial charge on any atom is -0.508 e. The number of hydrogen-bond acceptors (Lipinski definition) is 8. The van der Waals surface area contributed by atoms with E-state index in [0.29, 0.717) is 55.2 Å². The summed E-state index contributed by atoms with van der Waals surface area (Å²) < 4.78 is 15.3. The quantitative estimate of drug-likeness (QED) is 0.139. The number of amides is 3. The van der Waals surface area contributed by atoms with Crippen LogP contribution in [0.25, 0.3) is 22.2 Å². The molecule has 1 fully saturated rings. The van der Waals surface area contributed by atoms with Crippen molar-refractivity contribution in [3.8, 4) is 22.8 Å². The van der Waals surface area contributed by atoms with Gasteiger partial charge in [-0.25, -0.2) is 0 Å². The van der Waals surface area contributed by atoms with E-state index in [9.17, 15) is 9.90 Å². The molecule has 0 bridgehead atoms. The number of rotatable bonds is 11. The Balaban J connectivity index is 0.958. The highest BCUT2D eigenvalue weighted by Gasteiger charge is 2.33. The number of phenols is 1. The SMILES string of the molecule is Cc1c(C(=O)N(c2ccc(O)cc2)c2ccc3c(cnn3C)c2)cc(-c2cc3c(cc2C(=O)N2Cc4ccccc4C[C@H]2C)CN(C(=O)Cc2ccc(OCCN4CCOCC4)cc2)CC3)n1C. The van der Waals surface area contributed by atoms with E-state index in [2.05, 4.69) is 35.1 Å². The molecule has 0 spiro atoms. The van der Waals surface area contributed by atoms with E-state index in [-0.39, 0.29) is 35.9 Å². The van der Waals surface area contributed by atoms with E-state index in [1.165, 1.54) is 5.56 Å². The summed E-state index contributed by atoms with van der Waals surface area (Å²) in [7, 11) is 3.82. The number of benzene rings is 5. The van der Waals surface area contributed by atoms with Gasteiger partial charge in [-0.05, 0) is 127 Å². The van der Waals surface area contributed by atoms with E-state index in [4.69, 9.17) is 9.47 Å². The summed E-state index contributed by atoms with van der Waals surface area (Å²) in [6.07, 6.45) is 3.40. The fourth-order valence-corrected chi connectivity index (χ4v) is 9.99. The molecule has 13 nitrogen and oxygen atoms in total. The largest absolute Gasteiger partial charge is 0.508 e. The van der Waals surface area contributed by atoms with Crippen LogP contribution >= 0.6 is 0 Å². The van der Waals surface area contributed by atoms with Gasteiger partial charge in [-0.2, -0.15) is 5.10 Å². The number of aromatic hydroxyl groups is 1. The molecule has 0 radical (unpaired) electrons. The van der Waals surface area contributed by atoms with Crippen molar-refractivity contribution in [2.24, 2.45) is 14.1 Å². The van der Waals surface area contributed by atoms with E-state index in [1.54, 1.807) is 40.0 Å². The highest BCUT2D eigenvalue weighted by molar-refractivity contribution is 6.13. The number of aromatic nitrogens is 3.